The summed E-state index contributed by atoms with van der Waals surface area (Å²) < 4.78 is 5.90. The van der Waals surface area contributed by atoms with Gasteiger partial charge in [0.1, 0.15) is 11.3 Å². The average Bonchev–Trinajstić information content (AvgIpc) is 3.04. The van der Waals surface area contributed by atoms with Crippen molar-refractivity contribution in [3.8, 4) is 0 Å². The molecule has 1 amide bonds. The number of hydrogen-bond donors (Lipinski definition) is 1. The van der Waals surface area contributed by atoms with Crippen LogP contribution in [0.1, 0.15) is 38.5 Å². The molecule has 0 spiro atoms. The van der Waals surface area contributed by atoms with E-state index >= 15 is 0 Å². The zero-order chi connectivity index (χ0) is 18.0. The highest BCUT2D eigenvalue weighted by molar-refractivity contribution is 5.80. The number of likely N-dealkylation sites (N-methyl/N-ethyl adjacent to an activating group) is 1. The number of carbonyl (C=O) groups excluding carboxylic acids is 1. The third-order valence-electron chi connectivity index (χ3n) is 5.41. The summed E-state index contributed by atoms with van der Waals surface area (Å²) in [5.74, 6) is 1.15. The number of carbonyl (C=O) groups is 1. The predicted molar refractivity (Wildman–Crippen MR) is 98.2 cm³/mol. The number of piperidine rings is 1. The van der Waals surface area contributed by atoms with E-state index < -0.39 is 0 Å². The van der Waals surface area contributed by atoms with E-state index in [1.54, 1.807) is 4.90 Å². The van der Waals surface area contributed by atoms with Gasteiger partial charge in [0.2, 0.25) is 5.91 Å². The van der Waals surface area contributed by atoms with Crippen molar-refractivity contribution in [2.24, 2.45) is 5.92 Å². The number of amides is 1. The van der Waals surface area contributed by atoms with E-state index in [-0.39, 0.29) is 24.0 Å². The first-order valence-electron chi connectivity index (χ1n) is 9.10. The smallest absolute Gasteiger partial charge is 0.237 e. The number of rotatable bonds is 5. The van der Waals surface area contributed by atoms with Crippen LogP contribution in [0, 0.1) is 5.92 Å². The standard InChI is InChI=1S/C20H28N2O3/c1-14(19-11-16-7-4-5-9-18(16)25-19)21(3)20(24)13-22-10-6-8-17(12-22)15(2)23/h4-5,7,9,11,14-15,17,23H,6,8,10,12-13H2,1-3H3. The van der Waals surface area contributed by atoms with Crippen LogP contribution in [0.2, 0.25) is 0 Å². The number of fused-ring (bicyclic) bond motifs is 1. The summed E-state index contributed by atoms with van der Waals surface area (Å²) in [7, 11) is 1.83. The van der Waals surface area contributed by atoms with Crippen LogP contribution in [0.5, 0.6) is 0 Å². The molecule has 0 radical (unpaired) electrons. The van der Waals surface area contributed by atoms with Crippen LogP contribution in [0.4, 0.5) is 0 Å². The van der Waals surface area contributed by atoms with Gasteiger partial charge in [-0.05, 0) is 51.3 Å². The van der Waals surface area contributed by atoms with Crippen LogP contribution < -0.4 is 0 Å². The summed E-state index contributed by atoms with van der Waals surface area (Å²) in [6.07, 6.45) is 1.75. The Morgan fingerprint density at radius 3 is 2.88 bits per heavy atom. The Hall–Kier alpha value is -1.85. The lowest BCUT2D eigenvalue weighted by Gasteiger charge is -2.35. The maximum atomic E-state index is 12.7. The quantitative estimate of drug-likeness (QED) is 0.906. The van der Waals surface area contributed by atoms with Crippen LogP contribution in [-0.2, 0) is 4.79 Å². The van der Waals surface area contributed by atoms with E-state index in [1.807, 2.05) is 51.2 Å². The summed E-state index contributed by atoms with van der Waals surface area (Å²) in [5, 5.41) is 10.9. The number of para-hydroxylation sites is 1. The van der Waals surface area contributed by atoms with E-state index in [2.05, 4.69) is 4.90 Å². The van der Waals surface area contributed by atoms with Crippen LogP contribution >= 0.6 is 0 Å². The molecule has 25 heavy (non-hydrogen) atoms. The summed E-state index contributed by atoms with van der Waals surface area (Å²) in [5.41, 5.74) is 0.848. The van der Waals surface area contributed by atoms with Gasteiger partial charge in [-0.1, -0.05) is 18.2 Å². The fourth-order valence-electron chi connectivity index (χ4n) is 3.55. The van der Waals surface area contributed by atoms with Gasteiger partial charge in [0.05, 0.1) is 18.7 Å². The molecular formula is C20H28N2O3. The van der Waals surface area contributed by atoms with E-state index in [9.17, 15) is 9.90 Å². The Labute approximate surface area is 149 Å². The second-order valence-electron chi connectivity index (χ2n) is 7.25. The average molecular weight is 344 g/mol. The minimum absolute atomic E-state index is 0.0826. The van der Waals surface area contributed by atoms with Crippen molar-refractivity contribution in [2.45, 2.75) is 38.8 Å². The summed E-state index contributed by atoms with van der Waals surface area (Å²) >= 11 is 0. The predicted octanol–water partition coefficient (Wildman–Crippen LogP) is 3.05. The first-order valence-corrected chi connectivity index (χ1v) is 9.10. The van der Waals surface area contributed by atoms with Crippen molar-refractivity contribution >= 4 is 16.9 Å². The molecule has 0 bridgehead atoms. The van der Waals surface area contributed by atoms with E-state index in [1.165, 1.54) is 0 Å². The number of furan rings is 1. The highest BCUT2D eigenvalue weighted by atomic mass is 16.3. The number of aliphatic hydroxyl groups excluding tert-OH is 1. The van der Waals surface area contributed by atoms with Gasteiger partial charge < -0.3 is 14.4 Å². The van der Waals surface area contributed by atoms with Gasteiger partial charge in [-0.2, -0.15) is 0 Å². The maximum absolute atomic E-state index is 12.7. The molecule has 1 fully saturated rings. The monoisotopic (exact) mass is 344 g/mol. The fraction of sp³-hybridized carbons (Fsp3) is 0.550. The zero-order valence-corrected chi connectivity index (χ0v) is 15.3. The molecule has 1 N–H and O–H groups in total. The highest BCUT2D eigenvalue weighted by Crippen LogP contribution is 2.27. The third kappa shape index (κ3) is 4.05. The van der Waals surface area contributed by atoms with Gasteiger partial charge in [0, 0.05) is 19.0 Å². The number of hydrogen-bond acceptors (Lipinski definition) is 4. The Morgan fingerprint density at radius 1 is 1.40 bits per heavy atom. The van der Waals surface area contributed by atoms with E-state index in [0.717, 1.165) is 42.7 Å². The van der Waals surface area contributed by atoms with Crippen LogP contribution in [0.15, 0.2) is 34.7 Å². The topological polar surface area (TPSA) is 56.9 Å². The van der Waals surface area contributed by atoms with Crippen molar-refractivity contribution in [2.75, 3.05) is 26.7 Å². The molecule has 3 atom stereocenters. The zero-order valence-electron chi connectivity index (χ0n) is 15.3. The molecule has 1 aromatic heterocycles. The minimum atomic E-state index is -0.315. The Morgan fingerprint density at radius 2 is 2.16 bits per heavy atom. The van der Waals surface area contributed by atoms with Gasteiger partial charge in [0.25, 0.3) is 0 Å². The Bertz CT molecular complexity index is 692. The maximum Gasteiger partial charge on any atom is 0.237 e. The summed E-state index contributed by atoms with van der Waals surface area (Å²) in [4.78, 5) is 16.6. The second-order valence-corrected chi connectivity index (χ2v) is 7.25. The van der Waals surface area contributed by atoms with Gasteiger partial charge in [-0.3, -0.25) is 9.69 Å². The lowest BCUT2D eigenvalue weighted by atomic mass is 9.93. The molecule has 5 nitrogen and oxygen atoms in total. The largest absolute Gasteiger partial charge is 0.459 e. The van der Waals surface area contributed by atoms with E-state index in [4.69, 9.17) is 4.42 Å². The van der Waals surface area contributed by atoms with Crippen molar-refractivity contribution in [1.29, 1.82) is 0 Å². The van der Waals surface area contributed by atoms with Gasteiger partial charge in [-0.15, -0.1) is 0 Å². The molecule has 3 rings (SSSR count). The second kappa shape index (κ2) is 7.58. The minimum Gasteiger partial charge on any atom is -0.459 e. The molecule has 0 aliphatic carbocycles. The molecule has 3 unspecified atom stereocenters. The van der Waals surface area contributed by atoms with E-state index in [0.29, 0.717) is 6.54 Å². The lowest BCUT2D eigenvalue weighted by molar-refractivity contribution is -0.134. The Balaban J connectivity index is 1.63. The molecule has 136 valence electrons. The number of nitrogens with zero attached hydrogens (tertiary/aromatic N) is 2. The number of likely N-dealkylation sites (tertiary alicyclic amines) is 1. The lowest BCUT2D eigenvalue weighted by Crippen LogP contribution is -2.45. The van der Waals surface area contributed by atoms with Gasteiger partial charge in [-0.25, -0.2) is 0 Å². The molecule has 5 heteroatoms. The summed E-state index contributed by atoms with van der Waals surface area (Å²) in [6, 6.07) is 9.78. The first kappa shape index (κ1) is 18.0. The van der Waals surface area contributed by atoms with Gasteiger partial charge >= 0.3 is 0 Å². The number of benzene rings is 1. The molecule has 1 aliphatic rings. The Kier molecular flexibility index (Phi) is 5.45. The molecule has 2 aromatic rings. The molecule has 2 heterocycles. The van der Waals surface area contributed by atoms with Crippen LogP contribution in [0.25, 0.3) is 11.0 Å². The van der Waals surface area contributed by atoms with Crippen molar-refractivity contribution in [1.82, 2.24) is 9.80 Å². The molecule has 0 saturated carbocycles. The highest BCUT2D eigenvalue weighted by Gasteiger charge is 2.27. The molecule has 1 saturated heterocycles. The fourth-order valence-corrected chi connectivity index (χ4v) is 3.55. The SMILES string of the molecule is CC(O)C1CCCN(CC(=O)N(C)C(C)c2cc3ccccc3o2)C1. The number of aliphatic hydroxyl groups is 1. The van der Waals surface area contributed by atoms with Gasteiger partial charge in [0.15, 0.2) is 0 Å². The third-order valence-corrected chi connectivity index (χ3v) is 5.41. The first-order chi connectivity index (χ1) is 12.0. The van der Waals surface area contributed by atoms with Crippen molar-refractivity contribution in [3.05, 3.63) is 36.1 Å². The molecule has 1 aromatic carbocycles. The van der Waals surface area contributed by atoms with Crippen molar-refractivity contribution < 1.29 is 14.3 Å². The van der Waals surface area contributed by atoms with Crippen molar-refractivity contribution in [3.63, 3.8) is 0 Å². The van der Waals surface area contributed by atoms with Crippen LogP contribution in [-0.4, -0.2) is 53.6 Å². The molecular weight excluding hydrogens is 316 g/mol. The summed E-state index contributed by atoms with van der Waals surface area (Å²) in [6.45, 7) is 5.93. The normalized spacial score (nSPS) is 21.2. The van der Waals surface area contributed by atoms with Crippen LogP contribution in [0.3, 0.4) is 0 Å². The molecule has 1 aliphatic heterocycles.